The van der Waals surface area contributed by atoms with Gasteiger partial charge in [-0.05, 0) is 23.3 Å². The molecule has 2 aromatic carbocycles. The van der Waals surface area contributed by atoms with Crippen molar-refractivity contribution in [2.45, 2.75) is 13.2 Å². The number of hydrogen-bond acceptors (Lipinski definition) is 4. The van der Waals surface area contributed by atoms with Gasteiger partial charge in [0.15, 0.2) is 11.5 Å². The molecule has 0 aliphatic rings. The van der Waals surface area contributed by atoms with Gasteiger partial charge in [-0.2, -0.15) is 0 Å². The number of benzene rings is 2. The minimum atomic E-state index is -0.992. The zero-order chi connectivity index (χ0) is 15.8. The second-order valence-corrected chi connectivity index (χ2v) is 4.65. The summed E-state index contributed by atoms with van der Waals surface area (Å²) in [6.45, 7) is 0.306. The molecular formula is C17H18O5. The summed E-state index contributed by atoms with van der Waals surface area (Å²) in [5.74, 6) is 0.231. The lowest BCUT2D eigenvalue weighted by Gasteiger charge is -2.12. The van der Waals surface area contributed by atoms with Crippen molar-refractivity contribution in [3.63, 3.8) is 0 Å². The summed E-state index contributed by atoms with van der Waals surface area (Å²) in [7, 11) is 1.57. The summed E-state index contributed by atoms with van der Waals surface area (Å²) in [5.41, 5.74) is 1.88. The van der Waals surface area contributed by atoms with E-state index in [0.717, 1.165) is 11.1 Å². The first-order chi connectivity index (χ1) is 10.7. The van der Waals surface area contributed by atoms with E-state index in [2.05, 4.69) is 0 Å². The van der Waals surface area contributed by atoms with Gasteiger partial charge < -0.3 is 19.3 Å². The smallest absolute Gasteiger partial charge is 0.329 e. The predicted octanol–water partition coefficient (Wildman–Crippen LogP) is 2.88. The fraction of sp³-hybridized carbons (Fsp3) is 0.235. The first-order valence-electron chi connectivity index (χ1n) is 6.82. The average molecular weight is 302 g/mol. The Labute approximate surface area is 129 Å². The van der Waals surface area contributed by atoms with Crippen molar-refractivity contribution in [1.29, 1.82) is 0 Å². The van der Waals surface area contributed by atoms with Crippen molar-refractivity contribution in [3.8, 4) is 11.5 Å². The van der Waals surface area contributed by atoms with E-state index in [0.29, 0.717) is 18.1 Å². The van der Waals surface area contributed by atoms with Crippen molar-refractivity contribution in [3.05, 3.63) is 59.7 Å². The Hall–Kier alpha value is -2.53. The highest BCUT2D eigenvalue weighted by molar-refractivity contribution is 5.68. The van der Waals surface area contributed by atoms with Gasteiger partial charge in [-0.15, -0.1) is 0 Å². The molecule has 22 heavy (non-hydrogen) atoms. The van der Waals surface area contributed by atoms with Gasteiger partial charge in [0.25, 0.3) is 0 Å². The maximum atomic E-state index is 10.4. The van der Waals surface area contributed by atoms with Crippen LogP contribution in [0.4, 0.5) is 0 Å². The minimum Gasteiger partial charge on any atom is -0.493 e. The van der Waals surface area contributed by atoms with Crippen LogP contribution in [0.25, 0.3) is 0 Å². The molecule has 0 aliphatic heterocycles. The third kappa shape index (κ3) is 4.79. The van der Waals surface area contributed by atoms with E-state index in [1.807, 2.05) is 36.4 Å². The average Bonchev–Trinajstić information content (AvgIpc) is 2.54. The highest BCUT2D eigenvalue weighted by Crippen LogP contribution is 2.29. The number of carbonyl (C=O) groups is 1. The van der Waals surface area contributed by atoms with Crippen molar-refractivity contribution >= 4 is 5.97 Å². The normalized spacial score (nSPS) is 10.2. The van der Waals surface area contributed by atoms with E-state index < -0.39 is 5.97 Å². The van der Waals surface area contributed by atoms with Crippen molar-refractivity contribution in [2.75, 3.05) is 13.7 Å². The van der Waals surface area contributed by atoms with Crippen molar-refractivity contribution in [1.82, 2.24) is 0 Å². The van der Waals surface area contributed by atoms with Gasteiger partial charge in [-0.3, -0.25) is 0 Å². The van der Waals surface area contributed by atoms with Crippen LogP contribution >= 0.6 is 0 Å². The largest absolute Gasteiger partial charge is 0.493 e. The molecule has 5 heteroatoms. The van der Waals surface area contributed by atoms with E-state index in [-0.39, 0.29) is 13.2 Å². The third-order valence-electron chi connectivity index (χ3n) is 2.96. The van der Waals surface area contributed by atoms with Crippen LogP contribution in [-0.2, 0) is 22.7 Å². The van der Waals surface area contributed by atoms with Crippen LogP contribution in [0.15, 0.2) is 48.5 Å². The molecule has 0 heterocycles. The topological polar surface area (TPSA) is 65.0 Å². The Bertz CT molecular complexity index is 610. The highest BCUT2D eigenvalue weighted by Gasteiger charge is 2.07. The van der Waals surface area contributed by atoms with Crippen molar-refractivity contribution < 1.29 is 24.1 Å². The van der Waals surface area contributed by atoms with E-state index in [1.54, 1.807) is 19.2 Å². The maximum absolute atomic E-state index is 10.4. The predicted molar refractivity (Wildman–Crippen MR) is 81.1 cm³/mol. The van der Waals surface area contributed by atoms with Gasteiger partial charge in [0.1, 0.15) is 13.2 Å². The Morgan fingerprint density at radius 1 is 1.00 bits per heavy atom. The van der Waals surface area contributed by atoms with E-state index in [4.69, 9.17) is 19.3 Å². The zero-order valence-electron chi connectivity index (χ0n) is 12.3. The summed E-state index contributed by atoms with van der Waals surface area (Å²) in [5, 5.41) is 8.57. The van der Waals surface area contributed by atoms with E-state index in [9.17, 15) is 4.79 Å². The second-order valence-electron chi connectivity index (χ2n) is 4.65. The molecule has 0 unspecified atom stereocenters. The molecule has 0 aliphatic carbocycles. The van der Waals surface area contributed by atoms with Gasteiger partial charge >= 0.3 is 5.97 Å². The minimum absolute atomic E-state index is 0.206. The van der Waals surface area contributed by atoms with Gasteiger partial charge in [0.05, 0.1) is 13.7 Å². The summed E-state index contributed by atoms with van der Waals surface area (Å²) >= 11 is 0. The number of methoxy groups -OCH3 is 1. The second kappa shape index (κ2) is 8.05. The molecule has 0 fully saturated rings. The van der Waals surface area contributed by atoms with Crippen molar-refractivity contribution in [2.24, 2.45) is 0 Å². The molecule has 0 spiro atoms. The Morgan fingerprint density at radius 2 is 1.77 bits per heavy atom. The summed E-state index contributed by atoms with van der Waals surface area (Å²) in [4.78, 5) is 10.4. The quantitative estimate of drug-likeness (QED) is 0.812. The van der Waals surface area contributed by atoms with Crippen LogP contribution in [0.3, 0.4) is 0 Å². The number of ether oxygens (including phenoxy) is 3. The molecule has 0 aromatic heterocycles. The standard InChI is InChI=1S/C17H18O5/c1-20-15-8-7-14(10-21-12-17(18)19)9-16(15)22-11-13-5-3-2-4-6-13/h2-9H,10-12H2,1H3,(H,18,19). The molecule has 0 saturated carbocycles. The van der Waals surface area contributed by atoms with Gasteiger partial charge in [-0.25, -0.2) is 4.79 Å². The van der Waals surface area contributed by atoms with Crippen LogP contribution in [0, 0.1) is 0 Å². The molecule has 0 radical (unpaired) electrons. The van der Waals surface area contributed by atoms with Crippen LogP contribution in [0.1, 0.15) is 11.1 Å². The van der Waals surface area contributed by atoms with Gasteiger partial charge in [0, 0.05) is 0 Å². The summed E-state index contributed by atoms with van der Waals surface area (Å²) in [6, 6.07) is 15.2. The lowest BCUT2D eigenvalue weighted by molar-refractivity contribution is -0.142. The molecule has 5 nitrogen and oxygen atoms in total. The summed E-state index contributed by atoms with van der Waals surface area (Å²) in [6.07, 6.45) is 0. The van der Waals surface area contributed by atoms with Crippen LogP contribution in [-0.4, -0.2) is 24.8 Å². The monoisotopic (exact) mass is 302 g/mol. The fourth-order valence-electron chi connectivity index (χ4n) is 1.92. The van der Waals surface area contributed by atoms with Gasteiger partial charge in [-0.1, -0.05) is 36.4 Å². The molecule has 2 rings (SSSR count). The lowest BCUT2D eigenvalue weighted by atomic mass is 10.2. The summed E-state index contributed by atoms with van der Waals surface area (Å²) < 4.78 is 16.1. The Kier molecular flexibility index (Phi) is 5.80. The molecule has 0 atom stereocenters. The number of hydrogen-bond donors (Lipinski definition) is 1. The zero-order valence-corrected chi connectivity index (χ0v) is 12.3. The van der Waals surface area contributed by atoms with Crippen LogP contribution in [0.5, 0.6) is 11.5 Å². The molecule has 0 saturated heterocycles. The molecule has 0 amide bonds. The maximum Gasteiger partial charge on any atom is 0.329 e. The van der Waals surface area contributed by atoms with E-state index in [1.165, 1.54) is 0 Å². The number of carboxylic acid groups (broad SMARTS) is 1. The fourth-order valence-corrected chi connectivity index (χ4v) is 1.92. The SMILES string of the molecule is COc1ccc(COCC(=O)O)cc1OCc1ccccc1. The molecule has 2 aromatic rings. The molecule has 1 N–H and O–H groups in total. The van der Waals surface area contributed by atoms with Crippen LogP contribution < -0.4 is 9.47 Å². The Morgan fingerprint density at radius 3 is 2.45 bits per heavy atom. The number of carboxylic acids is 1. The third-order valence-corrected chi connectivity index (χ3v) is 2.96. The molecular weight excluding hydrogens is 284 g/mol. The number of aliphatic carboxylic acids is 1. The van der Waals surface area contributed by atoms with Gasteiger partial charge in [0.2, 0.25) is 0 Å². The van der Waals surface area contributed by atoms with E-state index >= 15 is 0 Å². The highest BCUT2D eigenvalue weighted by atomic mass is 16.5. The molecule has 116 valence electrons. The number of rotatable bonds is 8. The van der Waals surface area contributed by atoms with Crippen LogP contribution in [0.2, 0.25) is 0 Å². The molecule has 0 bridgehead atoms. The first kappa shape index (κ1) is 15.9. The first-order valence-corrected chi connectivity index (χ1v) is 6.82. The lowest BCUT2D eigenvalue weighted by Crippen LogP contribution is -2.07. The Balaban J connectivity index is 2.02.